The third kappa shape index (κ3) is 3.30. The van der Waals surface area contributed by atoms with Gasteiger partial charge < -0.3 is 4.74 Å². The van der Waals surface area contributed by atoms with Gasteiger partial charge in [-0.15, -0.1) is 0 Å². The number of ether oxygens (including phenoxy) is 1. The molecule has 1 aromatic heterocycles. The minimum absolute atomic E-state index is 0.110. The number of aryl methyl sites for hydroxylation is 1. The van der Waals surface area contributed by atoms with Crippen LogP contribution in [0, 0.1) is 0 Å². The zero-order valence-corrected chi connectivity index (χ0v) is 9.44. The number of nitrogens with two attached hydrogens (primary N) is 1. The van der Waals surface area contributed by atoms with Crippen LogP contribution in [-0.2, 0) is 11.3 Å². The van der Waals surface area contributed by atoms with Crippen molar-refractivity contribution in [3.63, 3.8) is 0 Å². The molecule has 1 aromatic rings. The van der Waals surface area contributed by atoms with Crippen molar-refractivity contribution < 1.29 is 4.74 Å². The number of aromatic nitrogens is 2. The standard InChI is InChI=1S/C10H20N4O/c1-3-14-10(5-7-12-14)9(13-11)6-8-15-4-2/h5,7,9,13H,3-4,6,8,11H2,1-2H3. The van der Waals surface area contributed by atoms with Crippen molar-refractivity contribution in [1.82, 2.24) is 15.2 Å². The van der Waals surface area contributed by atoms with Crippen molar-refractivity contribution in [2.24, 2.45) is 5.84 Å². The van der Waals surface area contributed by atoms with Crippen LogP contribution in [0.1, 0.15) is 32.0 Å². The molecule has 5 nitrogen and oxygen atoms in total. The highest BCUT2D eigenvalue weighted by Crippen LogP contribution is 2.15. The lowest BCUT2D eigenvalue weighted by atomic mass is 10.1. The lowest BCUT2D eigenvalue weighted by molar-refractivity contribution is 0.135. The quantitative estimate of drug-likeness (QED) is 0.399. The van der Waals surface area contributed by atoms with Gasteiger partial charge in [-0.1, -0.05) is 0 Å². The van der Waals surface area contributed by atoms with Crippen molar-refractivity contribution in [1.29, 1.82) is 0 Å². The molecule has 0 spiro atoms. The SMILES string of the molecule is CCOCCC(NN)c1ccnn1CC. The van der Waals surface area contributed by atoms with Gasteiger partial charge in [-0.3, -0.25) is 16.0 Å². The molecule has 0 bridgehead atoms. The second-order valence-electron chi connectivity index (χ2n) is 3.28. The normalized spacial score (nSPS) is 13.0. The summed E-state index contributed by atoms with van der Waals surface area (Å²) in [5.41, 5.74) is 3.91. The fraction of sp³-hybridized carbons (Fsp3) is 0.700. The van der Waals surface area contributed by atoms with E-state index >= 15 is 0 Å². The van der Waals surface area contributed by atoms with Crippen LogP contribution >= 0.6 is 0 Å². The smallest absolute Gasteiger partial charge is 0.0650 e. The molecule has 1 atom stereocenters. The second-order valence-corrected chi connectivity index (χ2v) is 3.28. The first-order chi connectivity index (χ1) is 7.33. The molecule has 0 fully saturated rings. The summed E-state index contributed by atoms with van der Waals surface area (Å²) in [6.45, 7) is 6.35. The van der Waals surface area contributed by atoms with Crippen LogP contribution in [0.25, 0.3) is 0 Å². The molecule has 0 aliphatic carbocycles. The van der Waals surface area contributed by atoms with E-state index < -0.39 is 0 Å². The van der Waals surface area contributed by atoms with Gasteiger partial charge in [0.1, 0.15) is 0 Å². The molecule has 1 unspecified atom stereocenters. The Hall–Kier alpha value is -0.910. The van der Waals surface area contributed by atoms with E-state index in [2.05, 4.69) is 17.4 Å². The highest BCUT2D eigenvalue weighted by molar-refractivity contribution is 5.06. The van der Waals surface area contributed by atoms with Crippen LogP contribution in [-0.4, -0.2) is 23.0 Å². The predicted molar refractivity (Wildman–Crippen MR) is 59.1 cm³/mol. The molecular formula is C10H20N4O. The maximum absolute atomic E-state index is 5.52. The molecule has 0 radical (unpaired) electrons. The monoisotopic (exact) mass is 212 g/mol. The summed E-state index contributed by atoms with van der Waals surface area (Å²) in [6, 6.07) is 2.10. The summed E-state index contributed by atoms with van der Waals surface area (Å²) in [5, 5.41) is 4.21. The van der Waals surface area contributed by atoms with Gasteiger partial charge in [0.05, 0.1) is 11.7 Å². The molecule has 0 saturated carbocycles. The first kappa shape index (κ1) is 12.2. The Labute approximate surface area is 90.6 Å². The third-order valence-electron chi connectivity index (χ3n) is 2.36. The van der Waals surface area contributed by atoms with Gasteiger partial charge in [0.15, 0.2) is 0 Å². The number of hydrogen-bond donors (Lipinski definition) is 2. The highest BCUT2D eigenvalue weighted by atomic mass is 16.5. The summed E-state index contributed by atoms with van der Waals surface area (Å²) in [7, 11) is 0. The fourth-order valence-corrected chi connectivity index (χ4v) is 1.57. The second kappa shape index (κ2) is 6.55. The van der Waals surface area contributed by atoms with Gasteiger partial charge in [-0.05, 0) is 26.3 Å². The van der Waals surface area contributed by atoms with Gasteiger partial charge in [-0.25, -0.2) is 0 Å². The number of rotatable bonds is 7. The first-order valence-electron chi connectivity index (χ1n) is 5.39. The summed E-state index contributed by atoms with van der Waals surface area (Å²) < 4.78 is 7.25. The summed E-state index contributed by atoms with van der Waals surface area (Å²) in [4.78, 5) is 0. The zero-order chi connectivity index (χ0) is 11.1. The summed E-state index contributed by atoms with van der Waals surface area (Å²) >= 11 is 0. The van der Waals surface area contributed by atoms with Crippen molar-refractivity contribution in [2.75, 3.05) is 13.2 Å². The molecule has 0 saturated heterocycles. The van der Waals surface area contributed by atoms with Gasteiger partial charge >= 0.3 is 0 Å². The Morgan fingerprint density at radius 3 is 3.00 bits per heavy atom. The van der Waals surface area contributed by atoms with E-state index in [1.807, 2.05) is 17.7 Å². The lowest BCUT2D eigenvalue weighted by Crippen LogP contribution is -2.30. The Balaban J connectivity index is 2.57. The maximum Gasteiger partial charge on any atom is 0.0650 e. The Morgan fingerprint density at radius 2 is 2.40 bits per heavy atom. The lowest BCUT2D eigenvalue weighted by Gasteiger charge is -2.16. The van der Waals surface area contributed by atoms with Gasteiger partial charge in [0.2, 0.25) is 0 Å². The Morgan fingerprint density at radius 1 is 1.60 bits per heavy atom. The molecule has 1 heterocycles. The molecule has 0 amide bonds. The maximum atomic E-state index is 5.52. The minimum atomic E-state index is 0.110. The van der Waals surface area contributed by atoms with Crippen molar-refractivity contribution in [3.05, 3.63) is 18.0 Å². The van der Waals surface area contributed by atoms with Gasteiger partial charge in [0, 0.05) is 26.0 Å². The van der Waals surface area contributed by atoms with Crippen LogP contribution in [0.5, 0.6) is 0 Å². The largest absolute Gasteiger partial charge is 0.382 e. The first-order valence-corrected chi connectivity index (χ1v) is 5.39. The van der Waals surface area contributed by atoms with Crippen molar-refractivity contribution in [2.45, 2.75) is 32.9 Å². The molecule has 0 aliphatic rings. The zero-order valence-electron chi connectivity index (χ0n) is 9.44. The minimum Gasteiger partial charge on any atom is -0.382 e. The average Bonchev–Trinajstić information content (AvgIpc) is 2.72. The van der Waals surface area contributed by atoms with E-state index in [1.54, 1.807) is 6.20 Å². The fourth-order valence-electron chi connectivity index (χ4n) is 1.57. The number of hydrazine groups is 1. The van der Waals surface area contributed by atoms with E-state index in [0.717, 1.165) is 25.3 Å². The average molecular weight is 212 g/mol. The predicted octanol–water partition coefficient (Wildman–Crippen LogP) is 0.834. The van der Waals surface area contributed by atoms with E-state index in [9.17, 15) is 0 Å². The summed E-state index contributed by atoms with van der Waals surface area (Å²) in [5.74, 6) is 5.52. The number of hydrogen-bond acceptors (Lipinski definition) is 4. The Bertz CT molecular complexity index is 274. The molecule has 15 heavy (non-hydrogen) atoms. The molecular weight excluding hydrogens is 192 g/mol. The third-order valence-corrected chi connectivity index (χ3v) is 2.36. The van der Waals surface area contributed by atoms with Crippen molar-refractivity contribution in [3.8, 4) is 0 Å². The van der Waals surface area contributed by atoms with Crippen LogP contribution in [0.4, 0.5) is 0 Å². The van der Waals surface area contributed by atoms with Crippen molar-refractivity contribution >= 4 is 0 Å². The molecule has 0 aromatic carbocycles. The molecule has 3 N–H and O–H groups in total. The van der Waals surface area contributed by atoms with Crippen LogP contribution in [0.15, 0.2) is 12.3 Å². The molecule has 86 valence electrons. The van der Waals surface area contributed by atoms with E-state index in [-0.39, 0.29) is 6.04 Å². The van der Waals surface area contributed by atoms with Gasteiger partial charge in [-0.2, -0.15) is 5.10 Å². The highest BCUT2D eigenvalue weighted by Gasteiger charge is 2.13. The molecule has 1 rings (SSSR count). The van der Waals surface area contributed by atoms with E-state index in [4.69, 9.17) is 10.6 Å². The van der Waals surface area contributed by atoms with Crippen LogP contribution in [0.3, 0.4) is 0 Å². The molecule has 0 aliphatic heterocycles. The number of nitrogens with zero attached hydrogens (tertiary/aromatic N) is 2. The number of nitrogens with one attached hydrogen (secondary N) is 1. The van der Waals surface area contributed by atoms with Crippen LogP contribution < -0.4 is 11.3 Å². The van der Waals surface area contributed by atoms with Gasteiger partial charge in [0.25, 0.3) is 0 Å². The Kier molecular flexibility index (Phi) is 5.31. The van der Waals surface area contributed by atoms with Crippen LogP contribution in [0.2, 0.25) is 0 Å². The summed E-state index contributed by atoms with van der Waals surface area (Å²) in [6.07, 6.45) is 2.65. The topological polar surface area (TPSA) is 65.1 Å². The molecule has 5 heteroatoms. The van der Waals surface area contributed by atoms with E-state index in [1.165, 1.54) is 0 Å². The van der Waals surface area contributed by atoms with E-state index in [0.29, 0.717) is 6.61 Å².